The minimum atomic E-state index is -0.210. The number of anilines is 2. The maximum Gasteiger partial charge on any atom is 0.247 e. The average molecular weight is 366 g/mol. The van der Waals surface area contributed by atoms with Crippen LogP contribution in [0.5, 0.6) is 5.75 Å². The van der Waals surface area contributed by atoms with Gasteiger partial charge in [-0.05, 0) is 42.7 Å². The second-order valence-electron chi connectivity index (χ2n) is 6.80. The molecule has 1 aliphatic rings. The predicted molar refractivity (Wildman–Crippen MR) is 107 cm³/mol. The summed E-state index contributed by atoms with van der Waals surface area (Å²) < 4.78 is 5.24. The first-order chi connectivity index (χ1) is 13.2. The number of ether oxygens (including phenoxy) is 1. The predicted octanol–water partition coefficient (Wildman–Crippen LogP) is 4.17. The fraction of sp³-hybridized carbons (Fsp3) is 0.364. The summed E-state index contributed by atoms with van der Waals surface area (Å²) in [6.45, 7) is 0.660. The first kappa shape index (κ1) is 19.0. The Morgan fingerprint density at radius 2 is 1.85 bits per heavy atom. The van der Waals surface area contributed by atoms with Gasteiger partial charge in [0.15, 0.2) is 0 Å². The van der Waals surface area contributed by atoms with Crippen LogP contribution in [0.3, 0.4) is 0 Å². The Kier molecular flexibility index (Phi) is 6.47. The molecule has 5 heteroatoms. The number of unbranched alkanes of at least 4 members (excludes halogenated alkanes) is 3. The van der Waals surface area contributed by atoms with Crippen LogP contribution in [0, 0.1) is 0 Å². The molecule has 1 unspecified atom stereocenters. The number of para-hydroxylation sites is 2. The quantitative estimate of drug-likeness (QED) is 0.534. The van der Waals surface area contributed by atoms with Gasteiger partial charge in [-0.2, -0.15) is 0 Å². The Morgan fingerprint density at radius 3 is 2.59 bits per heavy atom. The van der Waals surface area contributed by atoms with Crippen LogP contribution in [-0.4, -0.2) is 25.3 Å². The van der Waals surface area contributed by atoms with Crippen LogP contribution >= 0.6 is 0 Å². The van der Waals surface area contributed by atoms with Gasteiger partial charge in [-0.25, -0.2) is 0 Å². The summed E-state index contributed by atoms with van der Waals surface area (Å²) in [5, 5.41) is 3.04. The van der Waals surface area contributed by atoms with Gasteiger partial charge in [0.1, 0.15) is 18.1 Å². The van der Waals surface area contributed by atoms with E-state index in [0.29, 0.717) is 13.0 Å². The fourth-order valence-corrected chi connectivity index (χ4v) is 3.51. The summed E-state index contributed by atoms with van der Waals surface area (Å²) in [5.74, 6) is 0.861. The van der Waals surface area contributed by atoms with Gasteiger partial charge in [-0.3, -0.25) is 4.79 Å². The number of hydrogen-bond acceptors (Lipinski definition) is 4. The molecule has 0 spiro atoms. The molecule has 1 heterocycles. The first-order valence-corrected chi connectivity index (χ1v) is 9.46. The van der Waals surface area contributed by atoms with Crippen molar-refractivity contribution < 1.29 is 14.3 Å². The van der Waals surface area contributed by atoms with Crippen molar-refractivity contribution in [2.75, 3.05) is 17.3 Å². The number of carbonyl (C=O) groups excluding carboxylic acids is 2. The molecule has 0 saturated carbocycles. The van der Waals surface area contributed by atoms with Gasteiger partial charge in [0, 0.05) is 13.0 Å². The van der Waals surface area contributed by atoms with Crippen LogP contribution < -0.4 is 15.0 Å². The molecule has 0 aromatic heterocycles. The summed E-state index contributed by atoms with van der Waals surface area (Å²) in [7, 11) is 1.65. The molecule has 2 aromatic carbocycles. The van der Waals surface area contributed by atoms with Crippen LogP contribution in [0.15, 0.2) is 48.5 Å². The van der Waals surface area contributed by atoms with Crippen molar-refractivity contribution in [3.63, 3.8) is 0 Å². The van der Waals surface area contributed by atoms with E-state index in [9.17, 15) is 9.59 Å². The molecule has 0 bridgehead atoms. The third-order valence-corrected chi connectivity index (χ3v) is 4.96. The number of hydrogen-bond donors (Lipinski definition) is 1. The van der Waals surface area contributed by atoms with E-state index in [1.165, 1.54) is 0 Å². The zero-order valence-electron chi connectivity index (χ0n) is 15.7. The lowest BCUT2D eigenvalue weighted by molar-refractivity contribution is -0.118. The van der Waals surface area contributed by atoms with E-state index in [2.05, 4.69) is 16.3 Å². The smallest absolute Gasteiger partial charge is 0.247 e. The molecule has 0 saturated heterocycles. The average Bonchev–Trinajstić information content (AvgIpc) is 2.70. The first-order valence-electron chi connectivity index (χ1n) is 9.46. The van der Waals surface area contributed by atoms with Gasteiger partial charge in [0.25, 0.3) is 0 Å². The Labute approximate surface area is 160 Å². The number of carbonyl (C=O) groups is 2. The van der Waals surface area contributed by atoms with Crippen LogP contribution in [0.25, 0.3) is 0 Å². The Morgan fingerprint density at radius 1 is 1.07 bits per heavy atom. The van der Waals surface area contributed by atoms with E-state index in [-0.39, 0.29) is 11.9 Å². The van der Waals surface area contributed by atoms with Gasteiger partial charge in [0.2, 0.25) is 5.91 Å². The van der Waals surface area contributed by atoms with E-state index in [4.69, 9.17) is 4.74 Å². The molecule has 3 rings (SSSR count). The summed E-state index contributed by atoms with van der Waals surface area (Å²) in [6, 6.07) is 15.7. The number of fused-ring (bicyclic) bond motifs is 1. The zero-order valence-corrected chi connectivity index (χ0v) is 15.7. The van der Waals surface area contributed by atoms with Crippen LogP contribution in [0.4, 0.5) is 11.4 Å². The summed E-state index contributed by atoms with van der Waals surface area (Å²) in [6.07, 6.45) is 5.09. The molecule has 2 aromatic rings. The van der Waals surface area contributed by atoms with Crippen LogP contribution in [0.1, 0.15) is 37.7 Å². The minimum Gasteiger partial charge on any atom is -0.497 e. The molecule has 0 aliphatic carbocycles. The summed E-state index contributed by atoms with van der Waals surface area (Å²) in [4.78, 5) is 25.4. The van der Waals surface area contributed by atoms with Gasteiger partial charge >= 0.3 is 0 Å². The number of benzene rings is 2. The normalized spacial score (nSPS) is 15.8. The molecule has 0 fully saturated rings. The number of amides is 1. The molecular weight excluding hydrogens is 340 g/mol. The zero-order chi connectivity index (χ0) is 19.1. The highest BCUT2D eigenvalue weighted by Crippen LogP contribution is 2.34. The topological polar surface area (TPSA) is 58.6 Å². The molecule has 1 N–H and O–H groups in total. The van der Waals surface area contributed by atoms with Gasteiger partial charge in [0.05, 0.1) is 18.5 Å². The molecule has 27 heavy (non-hydrogen) atoms. The second kappa shape index (κ2) is 9.21. The number of nitrogens with zero attached hydrogens (tertiary/aromatic N) is 1. The lowest BCUT2D eigenvalue weighted by Gasteiger charge is -2.38. The van der Waals surface area contributed by atoms with Crippen molar-refractivity contribution >= 4 is 23.6 Å². The molecule has 1 aliphatic heterocycles. The van der Waals surface area contributed by atoms with Gasteiger partial charge in [-0.15, -0.1) is 0 Å². The lowest BCUT2D eigenvalue weighted by atomic mass is 10.00. The SMILES string of the molecule is COc1ccc(CN2c3ccccc3NC(=O)C2CCCCCC=O)cc1. The van der Waals surface area contributed by atoms with Crippen molar-refractivity contribution in [2.45, 2.75) is 44.7 Å². The highest BCUT2D eigenvalue weighted by Gasteiger charge is 2.32. The minimum absolute atomic E-state index is 0.0394. The number of methoxy groups -OCH3 is 1. The second-order valence-corrected chi connectivity index (χ2v) is 6.80. The monoisotopic (exact) mass is 366 g/mol. The molecule has 1 atom stereocenters. The highest BCUT2D eigenvalue weighted by atomic mass is 16.5. The van der Waals surface area contributed by atoms with E-state index in [1.807, 2.05) is 42.5 Å². The third-order valence-electron chi connectivity index (χ3n) is 4.96. The fourth-order valence-electron chi connectivity index (χ4n) is 3.51. The maximum atomic E-state index is 12.7. The van der Waals surface area contributed by atoms with Crippen molar-refractivity contribution in [3.05, 3.63) is 54.1 Å². The van der Waals surface area contributed by atoms with E-state index in [1.54, 1.807) is 7.11 Å². The Hall–Kier alpha value is -2.82. The standard InChI is InChI=1S/C22H26N2O3/c1-27-18-13-11-17(12-14-18)16-24-20-9-6-5-8-19(20)23-22(26)21(24)10-4-2-3-7-15-25/h5-6,8-9,11-15,21H,2-4,7,10,16H2,1H3,(H,23,26). The largest absolute Gasteiger partial charge is 0.497 e. The van der Waals surface area contributed by atoms with Crippen molar-refractivity contribution in [1.82, 2.24) is 0 Å². The molecule has 0 radical (unpaired) electrons. The van der Waals surface area contributed by atoms with Crippen LogP contribution in [0.2, 0.25) is 0 Å². The summed E-state index contributed by atoms with van der Waals surface area (Å²) in [5.41, 5.74) is 3.03. The highest BCUT2D eigenvalue weighted by molar-refractivity contribution is 6.03. The number of nitrogens with one attached hydrogen (secondary N) is 1. The summed E-state index contributed by atoms with van der Waals surface area (Å²) >= 11 is 0. The number of rotatable bonds is 9. The lowest BCUT2D eigenvalue weighted by Crippen LogP contribution is -2.47. The molecule has 142 valence electrons. The molecular formula is C22H26N2O3. The van der Waals surface area contributed by atoms with Crippen molar-refractivity contribution in [2.24, 2.45) is 0 Å². The Bertz CT molecular complexity index is 773. The molecule has 5 nitrogen and oxygen atoms in total. The third kappa shape index (κ3) is 4.67. The van der Waals surface area contributed by atoms with Gasteiger partial charge < -0.3 is 19.7 Å². The number of aldehydes is 1. The molecule has 1 amide bonds. The van der Waals surface area contributed by atoms with Crippen LogP contribution in [-0.2, 0) is 16.1 Å². The van der Waals surface area contributed by atoms with E-state index >= 15 is 0 Å². The van der Waals surface area contributed by atoms with E-state index < -0.39 is 0 Å². The van der Waals surface area contributed by atoms with Crippen molar-refractivity contribution in [1.29, 1.82) is 0 Å². The van der Waals surface area contributed by atoms with Crippen molar-refractivity contribution in [3.8, 4) is 5.75 Å². The Balaban J connectivity index is 1.79. The maximum absolute atomic E-state index is 12.7. The van der Waals surface area contributed by atoms with E-state index in [0.717, 1.165) is 54.7 Å². The van der Waals surface area contributed by atoms with Gasteiger partial charge in [-0.1, -0.05) is 37.1 Å².